The van der Waals surface area contributed by atoms with Gasteiger partial charge >= 0.3 is 0 Å². The fourth-order valence-electron chi connectivity index (χ4n) is 4.71. The summed E-state index contributed by atoms with van der Waals surface area (Å²) in [6.07, 6.45) is 3.18. The lowest BCUT2D eigenvalue weighted by molar-refractivity contribution is -0.153. The monoisotopic (exact) mass is 391 g/mol. The highest BCUT2D eigenvalue weighted by molar-refractivity contribution is 7.80. The van der Waals surface area contributed by atoms with Crippen LogP contribution in [-0.2, 0) is 16.0 Å². The predicted octanol–water partition coefficient (Wildman–Crippen LogP) is 2.89. The van der Waals surface area contributed by atoms with Crippen molar-refractivity contribution < 1.29 is 9.59 Å². The van der Waals surface area contributed by atoms with Crippen LogP contribution in [0.5, 0.6) is 0 Å². The highest BCUT2D eigenvalue weighted by atomic mass is 35.5. The van der Waals surface area contributed by atoms with Gasteiger partial charge in [0.15, 0.2) is 10.5 Å². The second-order valence-corrected chi connectivity index (χ2v) is 8.41. The Morgan fingerprint density at radius 3 is 2.81 bits per heavy atom. The van der Waals surface area contributed by atoms with Crippen molar-refractivity contribution in [2.75, 3.05) is 11.4 Å². The number of hydrogen-bond acceptors (Lipinski definition) is 4. The molecule has 0 unspecified atom stereocenters. The van der Waals surface area contributed by atoms with Gasteiger partial charge in [0.1, 0.15) is 0 Å². The summed E-state index contributed by atoms with van der Waals surface area (Å²) in [5.74, 6) is -0.476. The average molecular weight is 392 g/mol. The van der Waals surface area contributed by atoms with Gasteiger partial charge in [-0.25, -0.2) is 0 Å². The highest BCUT2D eigenvalue weighted by Crippen LogP contribution is 2.49. The largest absolute Gasteiger partial charge is 0.367 e. The summed E-state index contributed by atoms with van der Waals surface area (Å²) in [5, 5.41) is 3.62. The highest BCUT2D eigenvalue weighted by Gasteiger charge is 2.61. The van der Waals surface area contributed by atoms with Crippen LogP contribution in [0.1, 0.15) is 38.7 Å². The minimum absolute atomic E-state index is 0.114. The maximum atomic E-state index is 13.6. The molecule has 3 heterocycles. The van der Waals surface area contributed by atoms with Crippen molar-refractivity contribution in [1.82, 2.24) is 10.2 Å². The summed E-state index contributed by atoms with van der Waals surface area (Å²) < 4.78 is 0. The topological polar surface area (TPSA) is 52.7 Å². The van der Waals surface area contributed by atoms with E-state index < -0.39 is 5.41 Å². The van der Waals surface area contributed by atoms with Crippen molar-refractivity contribution in [3.63, 3.8) is 0 Å². The molecular formula is C19H22ClN3O2S. The third-order valence-electron chi connectivity index (χ3n) is 5.89. The molecule has 0 bridgehead atoms. The van der Waals surface area contributed by atoms with Gasteiger partial charge in [-0.2, -0.15) is 0 Å². The molecule has 0 radical (unpaired) electrons. The van der Waals surface area contributed by atoms with Crippen molar-refractivity contribution in [2.45, 2.75) is 51.6 Å². The molecule has 3 aliphatic rings. The van der Waals surface area contributed by atoms with Crippen LogP contribution in [0, 0.1) is 5.41 Å². The molecule has 2 saturated heterocycles. The molecule has 3 aliphatic heterocycles. The summed E-state index contributed by atoms with van der Waals surface area (Å²) in [7, 11) is 0. The van der Waals surface area contributed by atoms with Gasteiger partial charge in [0.2, 0.25) is 11.8 Å². The first-order chi connectivity index (χ1) is 12.4. The van der Waals surface area contributed by atoms with Gasteiger partial charge in [-0.3, -0.25) is 14.5 Å². The summed E-state index contributed by atoms with van der Waals surface area (Å²) in [5.41, 5.74) is 0.760. The first kappa shape index (κ1) is 17.7. The fourth-order valence-corrected chi connectivity index (χ4v) is 5.34. The maximum absolute atomic E-state index is 13.6. The van der Waals surface area contributed by atoms with Gasteiger partial charge in [-0.1, -0.05) is 17.7 Å². The van der Waals surface area contributed by atoms with Crippen LogP contribution < -0.4 is 10.2 Å². The van der Waals surface area contributed by atoms with Gasteiger partial charge < -0.3 is 10.2 Å². The molecule has 1 spiro atoms. The molecule has 2 fully saturated rings. The molecule has 138 valence electrons. The van der Waals surface area contributed by atoms with Gasteiger partial charge in [0, 0.05) is 29.7 Å². The number of amides is 2. The molecule has 1 N–H and O–H groups in total. The third kappa shape index (κ3) is 2.31. The van der Waals surface area contributed by atoms with Crippen LogP contribution in [-0.4, -0.2) is 40.5 Å². The van der Waals surface area contributed by atoms with Crippen molar-refractivity contribution in [3.05, 3.63) is 28.8 Å². The minimum atomic E-state index is -1.18. The Kier molecular flexibility index (Phi) is 4.23. The molecule has 0 saturated carbocycles. The Morgan fingerprint density at radius 2 is 2.08 bits per heavy atom. The number of rotatable bonds is 1. The van der Waals surface area contributed by atoms with E-state index in [-0.39, 0.29) is 29.0 Å². The minimum Gasteiger partial charge on any atom is -0.367 e. The molecular weight excluding hydrogens is 370 g/mol. The van der Waals surface area contributed by atoms with Crippen LogP contribution in [0.25, 0.3) is 0 Å². The van der Waals surface area contributed by atoms with E-state index in [0.717, 1.165) is 37.1 Å². The van der Waals surface area contributed by atoms with E-state index in [1.807, 2.05) is 32.0 Å². The first-order valence-corrected chi connectivity index (χ1v) is 9.89. The second kappa shape index (κ2) is 6.20. The SMILES string of the molecule is CC(C)N1C(=O)[C@@]2(Cc3c(Cl)cccc3N3CCCC[C@H]32)C(=O)NC1=S. The van der Waals surface area contributed by atoms with Crippen LogP contribution in [0.15, 0.2) is 18.2 Å². The predicted molar refractivity (Wildman–Crippen MR) is 105 cm³/mol. The van der Waals surface area contributed by atoms with Crippen molar-refractivity contribution in [2.24, 2.45) is 5.41 Å². The van der Waals surface area contributed by atoms with E-state index in [4.69, 9.17) is 23.8 Å². The second-order valence-electron chi connectivity index (χ2n) is 7.62. The number of benzene rings is 1. The first-order valence-electron chi connectivity index (χ1n) is 9.11. The standard InChI is InChI=1S/C19H22ClN3O2S/c1-11(2)23-17(25)19(16(24)21-18(23)26)10-12-13(20)6-5-7-14(12)22-9-4-3-8-15(19)22/h5-7,11,15H,3-4,8-10H2,1-2H3,(H,21,24,26)/t15-,19+/m0/s1. The molecule has 5 nitrogen and oxygen atoms in total. The van der Waals surface area contributed by atoms with Crippen molar-refractivity contribution in [3.8, 4) is 0 Å². The number of thiocarbonyl (C=S) groups is 1. The van der Waals surface area contributed by atoms with Gasteiger partial charge in [-0.05, 0) is 63.0 Å². The Bertz CT molecular complexity index is 812. The van der Waals surface area contributed by atoms with E-state index in [0.29, 0.717) is 11.4 Å². The lowest BCUT2D eigenvalue weighted by atomic mass is 9.66. The Balaban J connectivity index is 1.91. The van der Waals surface area contributed by atoms with Crippen LogP contribution in [0.3, 0.4) is 0 Å². The van der Waals surface area contributed by atoms with Crippen LogP contribution >= 0.6 is 23.8 Å². The van der Waals surface area contributed by atoms with Gasteiger partial charge in [0.25, 0.3) is 0 Å². The maximum Gasteiger partial charge on any atom is 0.247 e. The zero-order valence-electron chi connectivity index (χ0n) is 14.9. The Morgan fingerprint density at radius 1 is 1.31 bits per heavy atom. The number of nitrogens with one attached hydrogen (secondary N) is 1. The molecule has 0 aromatic heterocycles. The lowest BCUT2D eigenvalue weighted by Gasteiger charge is -2.54. The summed E-state index contributed by atoms with van der Waals surface area (Å²) in [6, 6.07) is 5.52. The summed E-state index contributed by atoms with van der Waals surface area (Å²) in [4.78, 5) is 30.7. The van der Waals surface area contributed by atoms with E-state index in [9.17, 15) is 9.59 Å². The zero-order chi connectivity index (χ0) is 18.6. The van der Waals surface area contributed by atoms with Gasteiger partial charge in [-0.15, -0.1) is 0 Å². The summed E-state index contributed by atoms with van der Waals surface area (Å²) in [6.45, 7) is 4.65. The van der Waals surface area contributed by atoms with E-state index in [1.165, 1.54) is 0 Å². The molecule has 2 atom stereocenters. The van der Waals surface area contributed by atoms with Crippen LogP contribution in [0.4, 0.5) is 5.69 Å². The Labute approximate surface area is 163 Å². The number of fused-ring (bicyclic) bond motifs is 4. The molecule has 4 rings (SSSR count). The average Bonchev–Trinajstić information content (AvgIpc) is 2.60. The lowest BCUT2D eigenvalue weighted by Crippen LogP contribution is -2.73. The molecule has 26 heavy (non-hydrogen) atoms. The quantitative estimate of drug-likeness (QED) is 0.590. The molecule has 0 aliphatic carbocycles. The number of anilines is 1. The number of hydrogen-bond donors (Lipinski definition) is 1. The van der Waals surface area contributed by atoms with Crippen LogP contribution in [0.2, 0.25) is 5.02 Å². The smallest absolute Gasteiger partial charge is 0.247 e. The number of piperidine rings is 1. The van der Waals surface area contributed by atoms with Crippen molar-refractivity contribution in [1.29, 1.82) is 0 Å². The van der Waals surface area contributed by atoms with Crippen molar-refractivity contribution >= 4 is 46.4 Å². The molecule has 2 amide bonds. The van der Waals surface area contributed by atoms with Gasteiger partial charge in [0.05, 0.1) is 6.04 Å². The molecule has 1 aromatic carbocycles. The number of halogens is 1. The fraction of sp³-hybridized carbons (Fsp3) is 0.526. The summed E-state index contributed by atoms with van der Waals surface area (Å²) >= 11 is 11.8. The molecule has 7 heteroatoms. The normalized spacial score (nSPS) is 28.3. The third-order valence-corrected chi connectivity index (χ3v) is 6.54. The Hall–Kier alpha value is -1.66. The zero-order valence-corrected chi connectivity index (χ0v) is 16.5. The molecule has 1 aromatic rings. The van der Waals surface area contributed by atoms with E-state index >= 15 is 0 Å². The van der Waals surface area contributed by atoms with E-state index in [1.54, 1.807) is 4.90 Å². The number of nitrogens with zero attached hydrogens (tertiary/aromatic N) is 2. The number of carbonyl (C=O) groups excluding carboxylic acids is 2. The number of carbonyl (C=O) groups is 2. The van der Waals surface area contributed by atoms with E-state index in [2.05, 4.69) is 10.2 Å².